The van der Waals surface area contributed by atoms with Crippen molar-refractivity contribution in [2.45, 2.75) is 24.9 Å². The second-order valence-corrected chi connectivity index (χ2v) is 9.82. The number of ether oxygens (including phenoxy) is 1. The fourth-order valence-electron chi connectivity index (χ4n) is 2.21. The van der Waals surface area contributed by atoms with Crippen LogP contribution in [0.25, 0.3) is 0 Å². The summed E-state index contributed by atoms with van der Waals surface area (Å²) in [4.78, 5) is 50.9. The van der Waals surface area contributed by atoms with Gasteiger partial charge in [0.15, 0.2) is 11.6 Å². The van der Waals surface area contributed by atoms with Gasteiger partial charge in [-0.25, -0.2) is 18.5 Å². The number of phosphoric ester groups is 1. The Balaban J connectivity index is 2.27. The van der Waals surface area contributed by atoms with E-state index in [1.807, 2.05) is 0 Å². The minimum atomic E-state index is -5.77. The SMILES string of the molecule is Nc1nc(=O)n([C@H]2C[C@H](O)[C@@H](CO)O2)cc1OP(=O)(O)OP(=O)(O)OP(=O)(O)O. The standard InChI is InChI=1S/C9H16N3O14P3/c10-8-5(24-28(19,20)26-29(21,22)25-27(16,17)18)2-12(9(15)11-8)7-1-4(14)6(3-13)23-7/h2,4,6-7,13-14H,1,3H2,(H,19,20)(H,21,22)(H2,10,11,15)(H2,16,17,18)/t4-,6+,7+/m0/s1. The number of nitrogen functional groups attached to an aromatic ring is 1. The number of rotatable bonds is 8. The summed E-state index contributed by atoms with van der Waals surface area (Å²) in [6, 6.07) is 0. The molecule has 0 spiro atoms. The molecule has 0 radical (unpaired) electrons. The Morgan fingerprint density at radius 1 is 1.21 bits per heavy atom. The van der Waals surface area contributed by atoms with E-state index in [1.165, 1.54) is 0 Å². The highest BCUT2D eigenvalue weighted by Crippen LogP contribution is 2.66. The summed E-state index contributed by atoms with van der Waals surface area (Å²) in [5, 5.41) is 18.8. The van der Waals surface area contributed by atoms with E-state index in [0.29, 0.717) is 10.8 Å². The van der Waals surface area contributed by atoms with Crippen LogP contribution in [0.4, 0.5) is 5.82 Å². The molecule has 1 aromatic heterocycles. The average Bonchev–Trinajstić information content (AvgIpc) is 2.86. The van der Waals surface area contributed by atoms with E-state index >= 15 is 0 Å². The molecule has 8 N–H and O–H groups in total. The molecule has 166 valence electrons. The van der Waals surface area contributed by atoms with Crippen LogP contribution in [0.15, 0.2) is 11.0 Å². The number of anilines is 1. The normalized spacial score (nSPS) is 26.6. The first-order chi connectivity index (χ1) is 13.1. The van der Waals surface area contributed by atoms with E-state index in [2.05, 4.69) is 18.1 Å². The van der Waals surface area contributed by atoms with Crippen LogP contribution in [0, 0.1) is 0 Å². The van der Waals surface area contributed by atoms with Gasteiger partial charge < -0.3 is 39.9 Å². The molecule has 29 heavy (non-hydrogen) atoms. The van der Waals surface area contributed by atoms with Crippen molar-refractivity contribution < 1.29 is 61.4 Å². The predicted molar refractivity (Wildman–Crippen MR) is 89.0 cm³/mol. The number of aliphatic hydroxyl groups is 2. The van der Waals surface area contributed by atoms with Crippen molar-refractivity contribution >= 4 is 29.3 Å². The molecule has 17 nitrogen and oxygen atoms in total. The van der Waals surface area contributed by atoms with E-state index in [9.17, 15) is 28.5 Å². The molecular formula is C9H16N3O14P3. The van der Waals surface area contributed by atoms with Gasteiger partial charge in [-0.3, -0.25) is 9.46 Å². The Labute approximate surface area is 160 Å². The molecule has 5 atom stereocenters. The van der Waals surface area contributed by atoms with Gasteiger partial charge >= 0.3 is 29.2 Å². The molecule has 0 saturated carbocycles. The molecule has 0 aromatic carbocycles. The van der Waals surface area contributed by atoms with Crippen molar-refractivity contribution in [3.05, 3.63) is 16.7 Å². The number of phosphoric acid groups is 3. The van der Waals surface area contributed by atoms with Crippen molar-refractivity contribution in [3.63, 3.8) is 0 Å². The Hall–Kier alpha value is -1.19. The molecule has 1 saturated heterocycles. The van der Waals surface area contributed by atoms with Crippen LogP contribution in [-0.2, 0) is 27.1 Å². The van der Waals surface area contributed by atoms with Crippen LogP contribution in [0.1, 0.15) is 12.6 Å². The molecular weight excluding hydrogens is 467 g/mol. The van der Waals surface area contributed by atoms with Gasteiger partial charge in [0.05, 0.1) is 18.9 Å². The number of nitrogens with two attached hydrogens (primary N) is 1. The van der Waals surface area contributed by atoms with E-state index in [-0.39, 0.29) is 6.42 Å². The lowest BCUT2D eigenvalue weighted by molar-refractivity contribution is -0.0459. The van der Waals surface area contributed by atoms with Crippen LogP contribution in [0.2, 0.25) is 0 Å². The Bertz CT molecular complexity index is 959. The van der Waals surface area contributed by atoms with Crippen molar-refractivity contribution in [2.75, 3.05) is 12.3 Å². The lowest BCUT2D eigenvalue weighted by Crippen LogP contribution is -2.28. The quantitative estimate of drug-likeness (QED) is 0.200. The summed E-state index contributed by atoms with van der Waals surface area (Å²) in [6.45, 7) is -0.566. The van der Waals surface area contributed by atoms with Crippen molar-refractivity contribution in [2.24, 2.45) is 0 Å². The minimum absolute atomic E-state index is 0.175. The van der Waals surface area contributed by atoms with Gasteiger partial charge in [-0.15, -0.1) is 0 Å². The molecule has 1 aromatic rings. The van der Waals surface area contributed by atoms with Gasteiger partial charge in [0, 0.05) is 6.42 Å². The summed E-state index contributed by atoms with van der Waals surface area (Å²) in [5.74, 6) is -1.58. The Kier molecular flexibility index (Phi) is 7.07. The highest BCUT2D eigenvalue weighted by Gasteiger charge is 2.42. The highest BCUT2D eigenvalue weighted by molar-refractivity contribution is 7.66. The summed E-state index contributed by atoms with van der Waals surface area (Å²) in [5.41, 5.74) is 4.36. The topological polar surface area (TPSA) is 270 Å². The van der Waals surface area contributed by atoms with Gasteiger partial charge in [-0.2, -0.15) is 13.6 Å². The third kappa shape index (κ3) is 6.65. The van der Waals surface area contributed by atoms with Crippen molar-refractivity contribution in [3.8, 4) is 5.75 Å². The molecule has 2 rings (SSSR count). The summed E-state index contributed by atoms with van der Waals surface area (Å²) >= 11 is 0. The summed E-state index contributed by atoms with van der Waals surface area (Å²) < 4.78 is 51.3. The van der Waals surface area contributed by atoms with E-state index < -0.39 is 65.8 Å². The van der Waals surface area contributed by atoms with Crippen LogP contribution in [0.5, 0.6) is 5.75 Å². The molecule has 2 heterocycles. The summed E-state index contributed by atoms with van der Waals surface area (Å²) in [7, 11) is -16.9. The molecule has 1 aliphatic heterocycles. The Morgan fingerprint density at radius 3 is 2.34 bits per heavy atom. The first-order valence-electron chi connectivity index (χ1n) is 7.29. The van der Waals surface area contributed by atoms with E-state index in [1.54, 1.807) is 0 Å². The highest BCUT2D eigenvalue weighted by atomic mass is 31.3. The molecule has 0 amide bonds. The Morgan fingerprint density at radius 2 is 1.83 bits per heavy atom. The van der Waals surface area contributed by atoms with Crippen LogP contribution in [-0.4, -0.2) is 58.2 Å². The minimum Gasteiger partial charge on any atom is -0.398 e. The zero-order chi connectivity index (χ0) is 22.2. The number of hydrogen-bond acceptors (Lipinski definition) is 12. The molecule has 2 unspecified atom stereocenters. The number of nitrogens with zero attached hydrogens (tertiary/aromatic N) is 2. The number of hydrogen-bond donors (Lipinski definition) is 7. The first-order valence-corrected chi connectivity index (χ1v) is 11.8. The molecule has 1 aliphatic rings. The van der Waals surface area contributed by atoms with Gasteiger partial charge in [0.2, 0.25) is 0 Å². The predicted octanol–water partition coefficient (Wildman–Crippen LogP) is -1.83. The second-order valence-electron chi connectivity index (χ2n) is 5.48. The maximum Gasteiger partial charge on any atom is 0.536 e. The largest absolute Gasteiger partial charge is 0.536 e. The van der Waals surface area contributed by atoms with Crippen molar-refractivity contribution in [1.29, 1.82) is 0 Å². The second kappa shape index (κ2) is 8.51. The molecule has 0 aliphatic carbocycles. The summed E-state index contributed by atoms with van der Waals surface area (Å²) in [6.07, 6.45) is -2.81. The van der Waals surface area contributed by atoms with Crippen LogP contribution < -0.4 is 15.9 Å². The molecule has 0 bridgehead atoms. The lowest BCUT2D eigenvalue weighted by atomic mass is 10.2. The van der Waals surface area contributed by atoms with Gasteiger partial charge in [0.25, 0.3) is 0 Å². The average molecular weight is 483 g/mol. The molecule has 1 fully saturated rings. The fraction of sp³-hybridized carbons (Fsp3) is 0.556. The number of aromatic nitrogens is 2. The molecule has 20 heteroatoms. The van der Waals surface area contributed by atoms with Gasteiger partial charge in [0.1, 0.15) is 12.3 Å². The van der Waals surface area contributed by atoms with Gasteiger partial charge in [-0.1, -0.05) is 0 Å². The third-order valence-corrected chi connectivity index (χ3v) is 7.02. The smallest absolute Gasteiger partial charge is 0.398 e. The zero-order valence-electron chi connectivity index (χ0n) is 14.0. The number of aliphatic hydroxyl groups excluding tert-OH is 2. The van der Waals surface area contributed by atoms with Crippen molar-refractivity contribution in [1.82, 2.24) is 9.55 Å². The fourth-order valence-corrected chi connectivity index (χ4v) is 5.24. The third-order valence-electron chi connectivity index (χ3n) is 3.27. The van der Waals surface area contributed by atoms with Crippen LogP contribution in [0.3, 0.4) is 0 Å². The lowest BCUT2D eigenvalue weighted by Gasteiger charge is -2.19. The first kappa shape index (κ1) is 24.1. The van der Waals surface area contributed by atoms with Crippen LogP contribution >= 0.6 is 23.5 Å². The maximum absolute atomic E-state index is 12.0. The monoisotopic (exact) mass is 483 g/mol. The van der Waals surface area contributed by atoms with Gasteiger partial charge in [-0.05, 0) is 0 Å². The van der Waals surface area contributed by atoms with E-state index in [0.717, 1.165) is 0 Å². The van der Waals surface area contributed by atoms with E-state index in [4.69, 9.17) is 30.3 Å². The zero-order valence-corrected chi connectivity index (χ0v) is 16.7. The maximum atomic E-state index is 12.0.